The molecule has 0 radical (unpaired) electrons. The number of fused-ring (bicyclic) bond motifs is 1. The Balaban J connectivity index is 2.07. The molecule has 1 heterocycles. The van der Waals surface area contributed by atoms with Crippen LogP contribution in [0.2, 0.25) is 10.0 Å². The molecular weight excluding hydrogens is 449 g/mol. The van der Waals surface area contributed by atoms with Crippen LogP contribution in [0.5, 0.6) is 5.75 Å². The molecule has 0 aliphatic rings. The van der Waals surface area contributed by atoms with Gasteiger partial charge in [0.2, 0.25) is 5.91 Å². The first-order chi connectivity index (χ1) is 15.4. The van der Waals surface area contributed by atoms with Crippen molar-refractivity contribution in [1.82, 2.24) is 5.32 Å². The maximum atomic E-state index is 12.4. The highest BCUT2D eigenvalue weighted by molar-refractivity contribution is 6.36. The topological polar surface area (TPSA) is 60.7 Å². The third-order valence-corrected chi connectivity index (χ3v) is 5.70. The summed E-state index contributed by atoms with van der Waals surface area (Å²) in [6, 6.07) is 7.36. The van der Waals surface area contributed by atoms with Gasteiger partial charge in [0, 0.05) is 59.0 Å². The highest BCUT2D eigenvalue weighted by atomic mass is 35.5. The lowest BCUT2D eigenvalue weighted by Crippen LogP contribution is -2.23. The van der Waals surface area contributed by atoms with Crippen molar-refractivity contribution in [3.8, 4) is 16.9 Å². The van der Waals surface area contributed by atoms with Gasteiger partial charge in [-0.1, -0.05) is 29.3 Å². The predicted molar refractivity (Wildman–Crippen MR) is 131 cm³/mol. The number of nitrogens with one attached hydrogen (secondary N) is 1. The number of aryl methyl sites for hydroxylation is 1. The van der Waals surface area contributed by atoms with Gasteiger partial charge >= 0.3 is 0 Å². The van der Waals surface area contributed by atoms with Gasteiger partial charge in [-0.3, -0.25) is 4.79 Å². The molecule has 3 aromatic rings. The maximum absolute atomic E-state index is 12.4. The molecule has 0 aliphatic carbocycles. The number of methoxy groups -OCH3 is 1. The molecule has 0 saturated heterocycles. The number of halogens is 2. The molecule has 0 aliphatic heterocycles. The van der Waals surface area contributed by atoms with Crippen molar-refractivity contribution in [2.45, 2.75) is 27.2 Å². The van der Waals surface area contributed by atoms with Gasteiger partial charge in [0.25, 0.3) is 0 Å². The highest BCUT2D eigenvalue weighted by Gasteiger charge is 2.20. The van der Waals surface area contributed by atoms with E-state index in [-0.39, 0.29) is 5.91 Å². The third kappa shape index (κ3) is 5.29. The van der Waals surface area contributed by atoms with Gasteiger partial charge in [-0.2, -0.15) is 0 Å². The van der Waals surface area contributed by atoms with Crippen molar-refractivity contribution >= 4 is 45.7 Å². The number of hydrogen-bond donors (Lipinski definition) is 1. The van der Waals surface area contributed by atoms with Crippen molar-refractivity contribution in [1.29, 1.82) is 0 Å². The lowest BCUT2D eigenvalue weighted by Gasteiger charge is -2.15. The van der Waals surface area contributed by atoms with E-state index in [0.29, 0.717) is 35.6 Å². The van der Waals surface area contributed by atoms with Crippen LogP contribution in [-0.2, 0) is 9.53 Å². The zero-order valence-corrected chi connectivity index (χ0v) is 20.2. The first-order valence-corrected chi connectivity index (χ1v) is 11.2. The van der Waals surface area contributed by atoms with Crippen molar-refractivity contribution in [2.75, 3.05) is 26.9 Å². The second-order valence-corrected chi connectivity index (χ2v) is 8.27. The summed E-state index contributed by atoms with van der Waals surface area (Å²) in [5, 5.41) is 4.87. The Hall–Kier alpha value is -2.47. The molecule has 7 heteroatoms. The van der Waals surface area contributed by atoms with Crippen LogP contribution < -0.4 is 10.1 Å². The number of carbonyl (C=O) groups is 1. The molecule has 0 saturated carbocycles. The van der Waals surface area contributed by atoms with E-state index in [9.17, 15) is 4.79 Å². The predicted octanol–water partition coefficient (Wildman–Crippen LogP) is 6.67. The van der Waals surface area contributed by atoms with Crippen molar-refractivity contribution in [3.05, 3.63) is 57.8 Å². The number of benzene rings is 2. The van der Waals surface area contributed by atoms with Gasteiger partial charge < -0.3 is 19.2 Å². The molecule has 0 bridgehead atoms. The van der Waals surface area contributed by atoms with Crippen LogP contribution in [0.3, 0.4) is 0 Å². The summed E-state index contributed by atoms with van der Waals surface area (Å²) in [5.41, 5.74) is 4.88. The van der Waals surface area contributed by atoms with Crippen molar-refractivity contribution < 1.29 is 18.7 Å². The second-order valence-electron chi connectivity index (χ2n) is 7.43. The molecule has 5 nitrogen and oxygen atoms in total. The van der Waals surface area contributed by atoms with Gasteiger partial charge in [-0.15, -0.1) is 0 Å². The normalized spacial score (nSPS) is 11.8. The second kappa shape index (κ2) is 10.9. The Kier molecular flexibility index (Phi) is 8.24. The van der Waals surface area contributed by atoms with Gasteiger partial charge in [0.05, 0.1) is 17.9 Å². The van der Waals surface area contributed by atoms with E-state index in [1.807, 2.05) is 32.9 Å². The monoisotopic (exact) mass is 475 g/mol. The smallest absolute Gasteiger partial charge is 0.244 e. The summed E-state index contributed by atoms with van der Waals surface area (Å²) in [7, 11) is 1.64. The molecule has 170 valence electrons. The summed E-state index contributed by atoms with van der Waals surface area (Å²) < 4.78 is 16.9. The molecule has 1 N–H and O–H groups in total. The first-order valence-electron chi connectivity index (χ1n) is 10.5. The minimum Gasteiger partial charge on any atom is -0.493 e. The molecule has 3 rings (SSSR count). The summed E-state index contributed by atoms with van der Waals surface area (Å²) >= 11 is 12.5. The number of ether oxygens (including phenoxy) is 2. The van der Waals surface area contributed by atoms with E-state index in [0.717, 1.165) is 45.2 Å². The molecule has 2 aromatic carbocycles. The lowest BCUT2D eigenvalue weighted by atomic mass is 9.96. The number of hydrogen-bond acceptors (Lipinski definition) is 4. The Bertz CT molecular complexity index is 1150. The van der Waals surface area contributed by atoms with Crippen LogP contribution >= 0.6 is 23.2 Å². The van der Waals surface area contributed by atoms with E-state index >= 15 is 0 Å². The molecule has 32 heavy (non-hydrogen) atoms. The molecule has 0 atom stereocenters. The minimum atomic E-state index is -0.160. The highest BCUT2D eigenvalue weighted by Crippen LogP contribution is 2.42. The number of allylic oxidation sites excluding steroid dienone is 1. The fourth-order valence-corrected chi connectivity index (χ4v) is 4.12. The van der Waals surface area contributed by atoms with Crippen molar-refractivity contribution in [2.24, 2.45) is 0 Å². The fourth-order valence-electron chi connectivity index (χ4n) is 3.61. The molecular formula is C25H27Cl2NO4. The Labute approximate surface area is 198 Å². The summed E-state index contributed by atoms with van der Waals surface area (Å²) in [4.78, 5) is 12.4. The van der Waals surface area contributed by atoms with Crippen LogP contribution in [0.15, 0.2) is 41.0 Å². The van der Waals surface area contributed by atoms with Crippen LogP contribution in [0.1, 0.15) is 31.4 Å². The molecule has 0 unspecified atom stereocenters. The van der Waals surface area contributed by atoms with Crippen molar-refractivity contribution in [3.63, 3.8) is 0 Å². The number of furan rings is 1. The number of rotatable bonds is 9. The van der Waals surface area contributed by atoms with Gasteiger partial charge in [-0.05, 0) is 51.0 Å². The summed E-state index contributed by atoms with van der Waals surface area (Å²) in [5.74, 6) is 0.538. The van der Waals surface area contributed by atoms with Gasteiger partial charge in [0.15, 0.2) is 0 Å². The SMILES string of the molecule is CCOc1c(/C(C)=C/C(=O)NCCCOC)cc2c(-c3ccc(Cl)cc3Cl)coc2c1C. The van der Waals surface area contributed by atoms with Crippen LogP contribution in [0, 0.1) is 6.92 Å². The standard InChI is InChI=1S/C25H27Cl2NO4/c1-5-31-24-16(3)25-20(21(14-32-25)18-8-7-17(26)12-22(18)27)13-19(24)15(2)11-23(29)28-9-6-10-30-4/h7-8,11-14H,5-6,9-10H2,1-4H3,(H,28,29)/b15-11+. The Morgan fingerprint density at radius 2 is 2.00 bits per heavy atom. The van der Waals surface area contributed by atoms with E-state index in [2.05, 4.69) is 5.32 Å². The zero-order valence-electron chi connectivity index (χ0n) is 18.7. The van der Waals surface area contributed by atoms with Gasteiger partial charge in [-0.25, -0.2) is 0 Å². The van der Waals surface area contributed by atoms with Crippen LogP contribution in [-0.4, -0.2) is 32.8 Å². The summed E-state index contributed by atoms with van der Waals surface area (Å²) in [6.07, 6.45) is 4.03. The van der Waals surface area contributed by atoms with Crippen LogP contribution in [0.4, 0.5) is 0 Å². The average molecular weight is 476 g/mol. The van der Waals surface area contributed by atoms with E-state index in [1.165, 1.54) is 0 Å². The quantitative estimate of drug-likeness (QED) is 0.277. The Morgan fingerprint density at radius 1 is 1.22 bits per heavy atom. The lowest BCUT2D eigenvalue weighted by molar-refractivity contribution is -0.116. The number of amides is 1. The average Bonchev–Trinajstić information content (AvgIpc) is 3.17. The fraction of sp³-hybridized carbons (Fsp3) is 0.320. The molecule has 0 fully saturated rings. The van der Waals surface area contributed by atoms with E-state index in [1.54, 1.807) is 31.6 Å². The molecule has 1 aromatic heterocycles. The third-order valence-electron chi connectivity index (χ3n) is 5.15. The Morgan fingerprint density at radius 3 is 2.69 bits per heavy atom. The maximum Gasteiger partial charge on any atom is 0.244 e. The largest absolute Gasteiger partial charge is 0.493 e. The van der Waals surface area contributed by atoms with E-state index in [4.69, 9.17) is 37.1 Å². The summed E-state index contributed by atoms with van der Waals surface area (Å²) in [6.45, 7) is 7.42. The molecule has 1 amide bonds. The van der Waals surface area contributed by atoms with Gasteiger partial charge in [0.1, 0.15) is 11.3 Å². The minimum absolute atomic E-state index is 0.160. The van der Waals surface area contributed by atoms with E-state index < -0.39 is 0 Å². The zero-order chi connectivity index (χ0) is 23.3. The molecule has 0 spiro atoms. The first kappa shape index (κ1) is 24.2. The number of carbonyl (C=O) groups excluding carboxylic acids is 1. The van der Waals surface area contributed by atoms with Crippen LogP contribution in [0.25, 0.3) is 27.7 Å².